The van der Waals surface area contributed by atoms with Crippen molar-refractivity contribution in [3.05, 3.63) is 52.6 Å². The van der Waals surface area contributed by atoms with Gasteiger partial charge in [0.2, 0.25) is 0 Å². The van der Waals surface area contributed by atoms with Gasteiger partial charge in [0.25, 0.3) is 5.91 Å². The fourth-order valence-corrected chi connectivity index (χ4v) is 2.41. The zero-order chi connectivity index (χ0) is 14.3. The molecule has 5 heteroatoms. The number of aromatic nitrogens is 2. The largest absolute Gasteiger partial charge is 0.359 e. The van der Waals surface area contributed by atoms with E-state index in [0.29, 0.717) is 11.3 Å². The number of amides is 1. The molecule has 20 heavy (non-hydrogen) atoms. The molecule has 1 amide bonds. The number of carbonyl (C=O) groups excluding carboxylic acids is 1. The van der Waals surface area contributed by atoms with E-state index in [0.717, 1.165) is 22.6 Å². The van der Waals surface area contributed by atoms with Gasteiger partial charge >= 0.3 is 0 Å². The number of hydrogen-bond donors (Lipinski definition) is 2. The molecule has 0 unspecified atom stereocenters. The van der Waals surface area contributed by atoms with Crippen molar-refractivity contribution in [1.29, 1.82) is 0 Å². The first-order valence-corrected chi connectivity index (χ1v) is 6.44. The summed E-state index contributed by atoms with van der Waals surface area (Å²) in [6, 6.07) is 5.93. The van der Waals surface area contributed by atoms with Crippen molar-refractivity contribution in [2.24, 2.45) is 12.1 Å². The molecule has 3 rings (SSSR count). The lowest BCUT2D eigenvalue weighted by molar-refractivity contribution is -0.116. The lowest BCUT2D eigenvalue weighted by atomic mass is 10.1. The maximum atomic E-state index is 12.0. The molecule has 1 aliphatic heterocycles. The van der Waals surface area contributed by atoms with Crippen LogP contribution in [-0.2, 0) is 11.8 Å². The summed E-state index contributed by atoms with van der Waals surface area (Å²) < 4.78 is 1.94. The minimum atomic E-state index is -0.173. The Morgan fingerprint density at radius 2 is 2.15 bits per heavy atom. The van der Waals surface area contributed by atoms with E-state index >= 15 is 0 Å². The standard InChI is InChI=1S/C15H16N4O/c1-9-7-10(2)16-12(9)8-11-14(17-18-15(11)20)13-5-4-6-19(13)3/h4-8,16H,1-3H3,(H,18,20)/b11-8-. The summed E-state index contributed by atoms with van der Waals surface area (Å²) >= 11 is 0. The van der Waals surface area contributed by atoms with Crippen molar-refractivity contribution in [2.75, 3.05) is 0 Å². The topological polar surface area (TPSA) is 62.2 Å². The van der Waals surface area contributed by atoms with Crippen LogP contribution in [-0.4, -0.2) is 21.2 Å². The van der Waals surface area contributed by atoms with Crippen LogP contribution in [0.25, 0.3) is 6.08 Å². The molecule has 102 valence electrons. The van der Waals surface area contributed by atoms with Gasteiger partial charge in [0.1, 0.15) is 5.71 Å². The van der Waals surface area contributed by atoms with Crippen LogP contribution in [0.15, 0.2) is 35.1 Å². The van der Waals surface area contributed by atoms with Gasteiger partial charge in [-0.05, 0) is 43.7 Å². The van der Waals surface area contributed by atoms with E-state index in [1.54, 1.807) is 0 Å². The molecule has 0 saturated heterocycles. The maximum absolute atomic E-state index is 12.0. The third-order valence-corrected chi connectivity index (χ3v) is 3.43. The molecule has 2 aromatic heterocycles. The highest BCUT2D eigenvalue weighted by molar-refractivity contribution is 6.32. The summed E-state index contributed by atoms with van der Waals surface area (Å²) in [7, 11) is 1.93. The Bertz CT molecular complexity index is 746. The van der Waals surface area contributed by atoms with Crippen molar-refractivity contribution in [1.82, 2.24) is 15.0 Å². The summed E-state index contributed by atoms with van der Waals surface area (Å²) in [4.78, 5) is 15.3. The monoisotopic (exact) mass is 268 g/mol. The van der Waals surface area contributed by atoms with Crippen LogP contribution >= 0.6 is 0 Å². The Balaban J connectivity index is 2.07. The van der Waals surface area contributed by atoms with E-state index in [1.165, 1.54) is 0 Å². The zero-order valence-electron chi connectivity index (χ0n) is 11.7. The second-order valence-corrected chi connectivity index (χ2v) is 5.01. The van der Waals surface area contributed by atoms with Crippen LogP contribution in [0.4, 0.5) is 0 Å². The number of aromatic amines is 1. The van der Waals surface area contributed by atoms with Gasteiger partial charge < -0.3 is 9.55 Å². The summed E-state index contributed by atoms with van der Waals surface area (Å²) in [6.07, 6.45) is 3.79. The summed E-state index contributed by atoms with van der Waals surface area (Å²) in [5.74, 6) is -0.173. The Hall–Kier alpha value is -2.56. The van der Waals surface area contributed by atoms with Crippen molar-refractivity contribution < 1.29 is 4.79 Å². The summed E-state index contributed by atoms with van der Waals surface area (Å²) in [5.41, 5.74) is 7.83. The second kappa shape index (κ2) is 4.52. The van der Waals surface area contributed by atoms with Gasteiger partial charge in [-0.15, -0.1) is 0 Å². The van der Waals surface area contributed by atoms with E-state index in [2.05, 4.69) is 21.6 Å². The molecule has 0 atom stereocenters. The molecule has 0 fully saturated rings. The van der Waals surface area contributed by atoms with E-state index < -0.39 is 0 Å². The van der Waals surface area contributed by atoms with Crippen LogP contribution in [0.1, 0.15) is 22.6 Å². The van der Waals surface area contributed by atoms with Crippen molar-refractivity contribution >= 4 is 17.7 Å². The molecular formula is C15H16N4O. The number of rotatable bonds is 2. The lowest BCUT2D eigenvalue weighted by Crippen LogP contribution is -2.14. The fraction of sp³-hybridized carbons (Fsp3) is 0.200. The number of aryl methyl sites for hydroxylation is 3. The van der Waals surface area contributed by atoms with Crippen LogP contribution in [0, 0.1) is 13.8 Å². The first-order chi connectivity index (χ1) is 9.56. The molecule has 0 spiro atoms. The highest BCUT2D eigenvalue weighted by Crippen LogP contribution is 2.19. The lowest BCUT2D eigenvalue weighted by Gasteiger charge is -2.03. The van der Waals surface area contributed by atoms with Gasteiger partial charge in [0, 0.05) is 24.6 Å². The van der Waals surface area contributed by atoms with Crippen molar-refractivity contribution in [3.63, 3.8) is 0 Å². The van der Waals surface area contributed by atoms with Crippen LogP contribution in [0.2, 0.25) is 0 Å². The van der Waals surface area contributed by atoms with Crippen LogP contribution in [0.5, 0.6) is 0 Å². The Kier molecular flexibility index (Phi) is 2.82. The van der Waals surface area contributed by atoms with Gasteiger partial charge in [-0.2, -0.15) is 5.10 Å². The third-order valence-electron chi connectivity index (χ3n) is 3.43. The van der Waals surface area contributed by atoms with Crippen molar-refractivity contribution in [2.45, 2.75) is 13.8 Å². The van der Waals surface area contributed by atoms with Gasteiger partial charge in [0.05, 0.1) is 11.3 Å². The van der Waals surface area contributed by atoms with Gasteiger partial charge in [0.15, 0.2) is 0 Å². The molecule has 0 aliphatic carbocycles. The average molecular weight is 268 g/mol. The van der Waals surface area contributed by atoms with Crippen LogP contribution < -0.4 is 5.43 Å². The Morgan fingerprint density at radius 3 is 2.75 bits per heavy atom. The zero-order valence-corrected chi connectivity index (χ0v) is 11.7. The number of carbonyl (C=O) groups is 1. The predicted octanol–water partition coefficient (Wildman–Crippen LogP) is 1.89. The first kappa shape index (κ1) is 12.5. The first-order valence-electron chi connectivity index (χ1n) is 6.44. The number of H-pyrrole nitrogens is 1. The van der Waals surface area contributed by atoms with E-state index in [-0.39, 0.29) is 5.91 Å². The number of hydrazone groups is 1. The molecule has 2 N–H and O–H groups in total. The van der Waals surface area contributed by atoms with E-state index in [9.17, 15) is 4.79 Å². The van der Waals surface area contributed by atoms with E-state index in [4.69, 9.17) is 0 Å². The fourth-order valence-electron chi connectivity index (χ4n) is 2.41. The quantitative estimate of drug-likeness (QED) is 0.803. The minimum Gasteiger partial charge on any atom is -0.359 e. The average Bonchev–Trinajstić information content (AvgIpc) is 3.03. The highest BCUT2D eigenvalue weighted by atomic mass is 16.2. The molecule has 1 aliphatic rings. The Morgan fingerprint density at radius 1 is 1.35 bits per heavy atom. The molecule has 0 radical (unpaired) electrons. The normalized spacial score (nSPS) is 16.6. The predicted molar refractivity (Wildman–Crippen MR) is 78.3 cm³/mol. The Labute approximate surface area is 117 Å². The number of hydrogen-bond acceptors (Lipinski definition) is 2. The van der Waals surface area contributed by atoms with E-state index in [1.807, 2.05) is 49.9 Å². The molecular weight excluding hydrogens is 252 g/mol. The molecule has 5 nitrogen and oxygen atoms in total. The van der Waals surface area contributed by atoms with Crippen LogP contribution in [0.3, 0.4) is 0 Å². The molecule has 0 saturated carbocycles. The SMILES string of the molecule is Cc1cc(C)c(/C=C2\C(=O)NN=C2c2cccn2C)[nH]1. The minimum absolute atomic E-state index is 0.173. The number of nitrogens with zero attached hydrogens (tertiary/aromatic N) is 2. The third kappa shape index (κ3) is 1.97. The van der Waals surface area contributed by atoms with Crippen molar-refractivity contribution in [3.8, 4) is 0 Å². The molecule has 0 bridgehead atoms. The molecule has 2 aromatic rings. The van der Waals surface area contributed by atoms with Gasteiger partial charge in [-0.3, -0.25) is 4.79 Å². The second-order valence-electron chi connectivity index (χ2n) is 5.01. The number of nitrogens with one attached hydrogen (secondary N) is 2. The smallest absolute Gasteiger partial charge is 0.273 e. The maximum Gasteiger partial charge on any atom is 0.273 e. The molecule has 3 heterocycles. The summed E-state index contributed by atoms with van der Waals surface area (Å²) in [5, 5.41) is 4.15. The van der Waals surface area contributed by atoms with Gasteiger partial charge in [-0.1, -0.05) is 0 Å². The summed E-state index contributed by atoms with van der Waals surface area (Å²) in [6.45, 7) is 4.01. The highest BCUT2D eigenvalue weighted by Gasteiger charge is 2.25. The van der Waals surface area contributed by atoms with Gasteiger partial charge in [-0.25, -0.2) is 5.43 Å². The molecule has 0 aromatic carbocycles.